The second-order valence-corrected chi connectivity index (χ2v) is 8.75. The van der Waals surface area contributed by atoms with E-state index in [1.165, 1.54) is 16.4 Å². The average Bonchev–Trinajstić information content (AvgIpc) is 2.68. The summed E-state index contributed by atoms with van der Waals surface area (Å²) in [5.74, 6) is 0. The van der Waals surface area contributed by atoms with Crippen LogP contribution in [0.2, 0.25) is 5.02 Å². The lowest BCUT2D eigenvalue weighted by Gasteiger charge is -2.29. The number of non-ortho nitro benzene ring substituents is 1. The van der Waals surface area contributed by atoms with E-state index in [1.807, 2.05) is 12.1 Å². The van der Waals surface area contributed by atoms with Crippen LogP contribution in [-0.4, -0.2) is 51.0 Å². The highest BCUT2D eigenvalue weighted by Gasteiger charge is 2.31. The standard InChI is InChI=1S/C18H20ClN3O5S/c1-20(13-14-3-2-4-15(19)11-14)17-6-5-16(22(23)24)12-18(17)28(25,26)21-7-9-27-10-8-21/h2-6,11-12H,7-10,13H2,1H3. The van der Waals surface area contributed by atoms with Crippen molar-refractivity contribution in [3.05, 3.63) is 63.2 Å². The molecule has 0 aromatic heterocycles. The number of hydrogen-bond acceptors (Lipinski definition) is 6. The van der Waals surface area contributed by atoms with Gasteiger partial charge in [0.15, 0.2) is 0 Å². The number of hydrogen-bond donors (Lipinski definition) is 0. The number of sulfonamides is 1. The summed E-state index contributed by atoms with van der Waals surface area (Å²) < 4.78 is 32.9. The molecule has 0 aliphatic carbocycles. The van der Waals surface area contributed by atoms with Gasteiger partial charge in [-0.25, -0.2) is 8.42 Å². The molecule has 10 heteroatoms. The van der Waals surface area contributed by atoms with Crippen molar-refractivity contribution >= 4 is 33.0 Å². The van der Waals surface area contributed by atoms with E-state index >= 15 is 0 Å². The Kier molecular flexibility index (Phi) is 6.19. The Labute approximate surface area is 168 Å². The minimum absolute atomic E-state index is 0.0897. The van der Waals surface area contributed by atoms with Gasteiger partial charge in [0.1, 0.15) is 4.90 Å². The molecule has 0 N–H and O–H groups in total. The van der Waals surface area contributed by atoms with Crippen molar-refractivity contribution in [2.75, 3.05) is 38.3 Å². The molecule has 1 aliphatic heterocycles. The fourth-order valence-electron chi connectivity index (χ4n) is 3.06. The minimum atomic E-state index is -3.91. The summed E-state index contributed by atoms with van der Waals surface area (Å²) in [5.41, 5.74) is 1.01. The average molecular weight is 426 g/mol. The maximum atomic E-state index is 13.2. The summed E-state index contributed by atoms with van der Waals surface area (Å²) in [6, 6.07) is 11.1. The van der Waals surface area contributed by atoms with Crippen LogP contribution in [0.3, 0.4) is 0 Å². The van der Waals surface area contributed by atoms with Gasteiger partial charge in [-0.3, -0.25) is 10.1 Å². The zero-order chi connectivity index (χ0) is 20.3. The van der Waals surface area contributed by atoms with E-state index in [9.17, 15) is 18.5 Å². The Hall–Kier alpha value is -2.20. The third kappa shape index (κ3) is 4.44. The van der Waals surface area contributed by atoms with Crippen molar-refractivity contribution in [2.24, 2.45) is 0 Å². The van der Waals surface area contributed by atoms with Crippen molar-refractivity contribution < 1.29 is 18.1 Å². The van der Waals surface area contributed by atoms with E-state index in [2.05, 4.69) is 0 Å². The number of nitro benzene ring substituents is 1. The van der Waals surface area contributed by atoms with Gasteiger partial charge in [-0.1, -0.05) is 23.7 Å². The van der Waals surface area contributed by atoms with Gasteiger partial charge in [0.05, 0.1) is 23.8 Å². The summed E-state index contributed by atoms with van der Waals surface area (Å²) in [6.45, 7) is 1.40. The summed E-state index contributed by atoms with van der Waals surface area (Å²) in [4.78, 5) is 12.3. The van der Waals surface area contributed by atoms with Crippen LogP contribution in [-0.2, 0) is 21.3 Å². The molecule has 2 aromatic rings. The van der Waals surface area contributed by atoms with Gasteiger partial charge < -0.3 is 9.64 Å². The van der Waals surface area contributed by atoms with Gasteiger partial charge in [-0.15, -0.1) is 0 Å². The summed E-state index contributed by atoms with van der Waals surface area (Å²) in [7, 11) is -2.18. The monoisotopic (exact) mass is 425 g/mol. The second-order valence-electron chi connectivity index (χ2n) is 6.41. The molecule has 150 valence electrons. The maximum absolute atomic E-state index is 13.2. The van der Waals surface area contributed by atoms with Crippen LogP contribution in [0.4, 0.5) is 11.4 Å². The SMILES string of the molecule is CN(Cc1cccc(Cl)c1)c1ccc([N+](=O)[O-])cc1S(=O)(=O)N1CCOCC1. The predicted molar refractivity (Wildman–Crippen MR) is 106 cm³/mol. The van der Waals surface area contributed by atoms with Crippen molar-refractivity contribution in [3.8, 4) is 0 Å². The molecule has 1 aliphatic rings. The molecule has 0 amide bonds. The molecule has 1 heterocycles. The fraction of sp³-hybridized carbons (Fsp3) is 0.333. The van der Waals surface area contributed by atoms with Gasteiger partial charge in [0.2, 0.25) is 10.0 Å². The number of nitro groups is 1. The molecular weight excluding hydrogens is 406 g/mol. The molecule has 28 heavy (non-hydrogen) atoms. The Morgan fingerprint density at radius 1 is 1.21 bits per heavy atom. The molecule has 0 bridgehead atoms. The third-order valence-corrected chi connectivity index (χ3v) is 6.62. The molecule has 0 saturated carbocycles. The van der Waals surface area contributed by atoms with E-state index in [-0.39, 0.29) is 23.7 Å². The number of nitrogens with zero attached hydrogens (tertiary/aromatic N) is 3. The molecule has 1 saturated heterocycles. The van der Waals surface area contributed by atoms with Crippen LogP contribution in [0.1, 0.15) is 5.56 Å². The number of rotatable bonds is 6. The topological polar surface area (TPSA) is 93.0 Å². The molecule has 0 spiro atoms. The zero-order valence-corrected chi connectivity index (χ0v) is 16.8. The molecule has 0 radical (unpaired) electrons. The van der Waals surface area contributed by atoms with Gasteiger partial charge in [-0.2, -0.15) is 4.31 Å². The Bertz CT molecular complexity index is 977. The van der Waals surface area contributed by atoms with E-state index in [0.717, 1.165) is 11.6 Å². The number of anilines is 1. The molecule has 1 fully saturated rings. The third-order valence-electron chi connectivity index (χ3n) is 4.46. The van der Waals surface area contributed by atoms with Crippen molar-refractivity contribution in [1.29, 1.82) is 0 Å². The van der Waals surface area contributed by atoms with E-state index in [0.29, 0.717) is 30.5 Å². The van der Waals surface area contributed by atoms with E-state index < -0.39 is 14.9 Å². The number of morpholine rings is 1. The van der Waals surface area contributed by atoms with E-state index in [1.54, 1.807) is 24.1 Å². The van der Waals surface area contributed by atoms with Gasteiger partial charge >= 0.3 is 0 Å². The van der Waals surface area contributed by atoms with Crippen LogP contribution >= 0.6 is 11.6 Å². The van der Waals surface area contributed by atoms with Crippen LogP contribution in [0, 0.1) is 10.1 Å². The first kappa shape index (κ1) is 20.5. The molecule has 8 nitrogen and oxygen atoms in total. The van der Waals surface area contributed by atoms with Crippen LogP contribution in [0.25, 0.3) is 0 Å². The van der Waals surface area contributed by atoms with Crippen molar-refractivity contribution in [3.63, 3.8) is 0 Å². The highest BCUT2D eigenvalue weighted by Crippen LogP contribution is 2.32. The fourth-order valence-corrected chi connectivity index (χ4v) is 4.94. The minimum Gasteiger partial charge on any atom is -0.379 e. The number of ether oxygens (including phenoxy) is 1. The lowest BCUT2D eigenvalue weighted by molar-refractivity contribution is -0.385. The van der Waals surface area contributed by atoms with Crippen molar-refractivity contribution in [2.45, 2.75) is 11.4 Å². The lowest BCUT2D eigenvalue weighted by atomic mass is 10.2. The predicted octanol–water partition coefficient (Wildman–Crippen LogP) is 2.91. The first-order valence-corrected chi connectivity index (χ1v) is 10.4. The Morgan fingerprint density at radius 2 is 1.93 bits per heavy atom. The van der Waals surface area contributed by atoms with Crippen molar-refractivity contribution in [1.82, 2.24) is 4.31 Å². The highest BCUT2D eigenvalue weighted by molar-refractivity contribution is 7.89. The van der Waals surface area contributed by atoms with Gasteiger partial charge in [0, 0.05) is 43.8 Å². The zero-order valence-electron chi connectivity index (χ0n) is 15.2. The molecule has 3 rings (SSSR count). The molecular formula is C18H20ClN3O5S. The largest absolute Gasteiger partial charge is 0.379 e. The summed E-state index contributed by atoms with van der Waals surface area (Å²) in [6.07, 6.45) is 0. The highest BCUT2D eigenvalue weighted by atomic mass is 35.5. The van der Waals surface area contributed by atoms with Gasteiger partial charge in [0.25, 0.3) is 5.69 Å². The first-order valence-electron chi connectivity index (χ1n) is 8.61. The second kappa shape index (κ2) is 8.44. The van der Waals surface area contributed by atoms with Crippen LogP contribution in [0.15, 0.2) is 47.4 Å². The van der Waals surface area contributed by atoms with Crippen LogP contribution < -0.4 is 4.90 Å². The quantitative estimate of drug-likeness (QED) is 0.521. The molecule has 0 unspecified atom stereocenters. The Morgan fingerprint density at radius 3 is 2.57 bits per heavy atom. The normalized spacial score (nSPS) is 15.4. The molecule has 0 atom stereocenters. The van der Waals surface area contributed by atoms with Crippen LogP contribution in [0.5, 0.6) is 0 Å². The number of halogens is 1. The number of benzene rings is 2. The smallest absolute Gasteiger partial charge is 0.270 e. The Balaban J connectivity index is 2.01. The maximum Gasteiger partial charge on any atom is 0.270 e. The molecule has 2 aromatic carbocycles. The summed E-state index contributed by atoms with van der Waals surface area (Å²) in [5, 5.41) is 11.8. The first-order chi connectivity index (χ1) is 13.3. The lowest BCUT2D eigenvalue weighted by Crippen LogP contribution is -2.41. The summed E-state index contributed by atoms with van der Waals surface area (Å²) >= 11 is 6.03. The van der Waals surface area contributed by atoms with Gasteiger partial charge in [-0.05, 0) is 23.8 Å². The van der Waals surface area contributed by atoms with E-state index in [4.69, 9.17) is 16.3 Å².